The Balaban J connectivity index is 2.36. The molecule has 0 bridgehead atoms. The maximum atomic E-state index is 12.7. The van der Waals surface area contributed by atoms with E-state index in [1.165, 1.54) is 16.1 Å². The molecule has 6 heteroatoms. The highest BCUT2D eigenvalue weighted by atomic mass is 32.1. The Morgan fingerprint density at radius 2 is 1.88 bits per heavy atom. The summed E-state index contributed by atoms with van der Waals surface area (Å²) in [5.74, 6) is -0.336. The lowest BCUT2D eigenvalue weighted by atomic mass is 10.2. The standard InChI is InChI=1S/C11H11FN2O2S/c1-2-14-10(15)13(11(16)17-14)7-8-3-5-9(12)6-4-8/h3-6H,2,7H2,1H3. The van der Waals surface area contributed by atoms with Gasteiger partial charge in [-0.2, -0.15) is 0 Å². The zero-order valence-electron chi connectivity index (χ0n) is 9.22. The number of hydrogen-bond donors (Lipinski definition) is 0. The molecule has 0 unspecified atom stereocenters. The van der Waals surface area contributed by atoms with Crippen molar-refractivity contribution in [3.8, 4) is 0 Å². The van der Waals surface area contributed by atoms with Crippen LogP contribution in [0.25, 0.3) is 0 Å². The second-order valence-corrected chi connectivity index (χ2v) is 4.52. The van der Waals surface area contributed by atoms with Crippen LogP contribution in [-0.2, 0) is 13.1 Å². The summed E-state index contributed by atoms with van der Waals surface area (Å²) in [6.07, 6.45) is 0. The molecule has 0 aliphatic carbocycles. The van der Waals surface area contributed by atoms with E-state index in [0.29, 0.717) is 6.54 Å². The van der Waals surface area contributed by atoms with Gasteiger partial charge in [-0.05, 0) is 24.6 Å². The Bertz CT molecular complexity index is 624. The van der Waals surface area contributed by atoms with Gasteiger partial charge in [0.2, 0.25) is 0 Å². The van der Waals surface area contributed by atoms with E-state index in [1.807, 2.05) is 0 Å². The molecule has 1 aromatic heterocycles. The van der Waals surface area contributed by atoms with Gasteiger partial charge in [-0.15, -0.1) is 0 Å². The molecule has 90 valence electrons. The van der Waals surface area contributed by atoms with Crippen LogP contribution in [-0.4, -0.2) is 8.52 Å². The average Bonchev–Trinajstić information content (AvgIpc) is 2.59. The summed E-state index contributed by atoms with van der Waals surface area (Å²) in [6.45, 7) is 2.47. The number of hydrogen-bond acceptors (Lipinski definition) is 3. The number of rotatable bonds is 3. The van der Waals surface area contributed by atoms with E-state index >= 15 is 0 Å². The molecule has 0 saturated heterocycles. The molecule has 0 spiro atoms. The van der Waals surface area contributed by atoms with Gasteiger partial charge in [-0.1, -0.05) is 12.1 Å². The van der Waals surface area contributed by atoms with E-state index < -0.39 is 0 Å². The largest absolute Gasteiger partial charge is 0.341 e. The molecule has 1 aromatic carbocycles. The van der Waals surface area contributed by atoms with Crippen molar-refractivity contribution in [3.63, 3.8) is 0 Å². The van der Waals surface area contributed by atoms with Gasteiger partial charge in [-0.25, -0.2) is 17.7 Å². The van der Waals surface area contributed by atoms with Crippen LogP contribution in [0.3, 0.4) is 0 Å². The molecule has 0 aliphatic rings. The third-order valence-corrected chi connectivity index (χ3v) is 3.41. The fraction of sp³-hybridized carbons (Fsp3) is 0.273. The van der Waals surface area contributed by atoms with Gasteiger partial charge in [0.05, 0.1) is 6.54 Å². The minimum atomic E-state index is -0.336. The quantitative estimate of drug-likeness (QED) is 0.828. The van der Waals surface area contributed by atoms with E-state index in [4.69, 9.17) is 0 Å². The van der Waals surface area contributed by atoms with Gasteiger partial charge in [0.15, 0.2) is 0 Å². The van der Waals surface area contributed by atoms with Crippen molar-refractivity contribution in [3.05, 3.63) is 55.8 Å². The summed E-state index contributed by atoms with van der Waals surface area (Å²) in [7, 11) is 0. The second-order valence-electron chi connectivity index (χ2n) is 3.55. The Morgan fingerprint density at radius 3 is 2.41 bits per heavy atom. The molecule has 0 saturated carbocycles. The number of aryl methyl sites for hydroxylation is 1. The lowest BCUT2D eigenvalue weighted by molar-refractivity contribution is 0.624. The first-order chi connectivity index (χ1) is 8.11. The number of benzene rings is 1. The summed E-state index contributed by atoms with van der Waals surface area (Å²) in [5, 5.41) is 0. The van der Waals surface area contributed by atoms with Crippen molar-refractivity contribution in [2.45, 2.75) is 20.0 Å². The predicted molar refractivity (Wildman–Crippen MR) is 64.0 cm³/mol. The molecule has 2 rings (SSSR count). The molecular weight excluding hydrogens is 243 g/mol. The maximum absolute atomic E-state index is 12.7. The summed E-state index contributed by atoms with van der Waals surface area (Å²) in [6, 6.07) is 5.75. The minimum Gasteiger partial charge on any atom is -0.255 e. The molecule has 17 heavy (non-hydrogen) atoms. The summed E-state index contributed by atoms with van der Waals surface area (Å²) < 4.78 is 15.3. The molecule has 2 aromatic rings. The van der Waals surface area contributed by atoms with Crippen LogP contribution >= 0.6 is 11.5 Å². The zero-order chi connectivity index (χ0) is 12.4. The molecule has 1 heterocycles. The molecule has 0 N–H and O–H groups in total. The van der Waals surface area contributed by atoms with Crippen LogP contribution in [0, 0.1) is 5.82 Å². The van der Waals surface area contributed by atoms with E-state index in [-0.39, 0.29) is 22.9 Å². The Kier molecular flexibility index (Phi) is 3.23. The molecule has 0 aliphatic heterocycles. The Morgan fingerprint density at radius 1 is 1.24 bits per heavy atom. The van der Waals surface area contributed by atoms with Crippen molar-refractivity contribution < 1.29 is 4.39 Å². The van der Waals surface area contributed by atoms with Crippen LogP contribution in [0.5, 0.6) is 0 Å². The normalized spacial score (nSPS) is 10.7. The summed E-state index contributed by atoms with van der Waals surface area (Å²) in [5.41, 5.74) is 0.415. The van der Waals surface area contributed by atoms with E-state index in [0.717, 1.165) is 21.7 Å². The number of aromatic nitrogens is 2. The third-order valence-electron chi connectivity index (χ3n) is 2.39. The first kappa shape index (κ1) is 11.8. The first-order valence-electron chi connectivity index (χ1n) is 5.17. The van der Waals surface area contributed by atoms with Crippen LogP contribution in [0.2, 0.25) is 0 Å². The molecule has 0 atom stereocenters. The highest BCUT2D eigenvalue weighted by Crippen LogP contribution is 2.03. The first-order valence-corrected chi connectivity index (χ1v) is 5.94. The van der Waals surface area contributed by atoms with Crippen LogP contribution in [0.4, 0.5) is 4.39 Å². The SMILES string of the molecule is CCn1sc(=O)n(Cc2ccc(F)cc2)c1=O. The van der Waals surface area contributed by atoms with Crippen molar-refractivity contribution in [2.24, 2.45) is 0 Å². The second kappa shape index (κ2) is 4.67. The number of nitrogens with zero attached hydrogens (tertiary/aromatic N) is 2. The highest BCUT2D eigenvalue weighted by molar-refractivity contribution is 7.03. The van der Waals surface area contributed by atoms with Gasteiger partial charge >= 0.3 is 10.6 Å². The van der Waals surface area contributed by atoms with Crippen LogP contribution in [0.1, 0.15) is 12.5 Å². The number of halogens is 1. The molecule has 0 radical (unpaired) electrons. The fourth-order valence-electron chi connectivity index (χ4n) is 1.50. The van der Waals surface area contributed by atoms with E-state index in [2.05, 4.69) is 0 Å². The van der Waals surface area contributed by atoms with Gasteiger partial charge in [-0.3, -0.25) is 4.79 Å². The summed E-state index contributed by atoms with van der Waals surface area (Å²) >= 11 is 0.901. The maximum Gasteiger partial charge on any atom is 0.341 e. The van der Waals surface area contributed by atoms with Crippen molar-refractivity contribution in [2.75, 3.05) is 0 Å². The van der Waals surface area contributed by atoms with E-state index in [1.54, 1.807) is 19.1 Å². The Hall–Kier alpha value is -1.69. The highest BCUT2D eigenvalue weighted by Gasteiger charge is 2.08. The molecule has 4 nitrogen and oxygen atoms in total. The molecule has 0 amide bonds. The molecule has 0 fully saturated rings. The summed E-state index contributed by atoms with van der Waals surface area (Å²) in [4.78, 5) is 23.0. The van der Waals surface area contributed by atoms with Crippen LogP contribution in [0.15, 0.2) is 33.9 Å². The predicted octanol–water partition coefficient (Wildman–Crippen LogP) is 1.28. The molecular formula is C11H11FN2O2S. The zero-order valence-corrected chi connectivity index (χ0v) is 10.0. The smallest absolute Gasteiger partial charge is 0.255 e. The van der Waals surface area contributed by atoms with Crippen molar-refractivity contribution in [1.29, 1.82) is 0 Å². The van der Waals surface area contributed by atoms with E-state index in [9.17, 15) is 14.0 Å². The monoisotopic (exact) mass is 254 g/mol. The average molecular weight is 254 g/mol. The van der Waals surface area contributed by atoms with Gasteiger partial charge in [0.1, 0.15) is 5.82 Å². The minimum absolute atomic E-state index is 0.182. The van der Waals surface area contributed by atoms with Crippen molar-refractivity contribution in [1.82, 2.24) is 8.52 Å². The lowest BCUT2D eigenvalue weighted by Crippen LogP contribution is -2.29. The van der Waals surface area contributed by atoms with Gasteiger partial charge in [0.25, 0.3) is 0 Å². The van der Waals surface area contributed by atoms with Gasteiger partial charge in [0, 0.05) is 18.1 Å². The Labute approximate surface area is 101 Å². The third kappa shape index (κ3) is 2.36. The van der Waals surface area contributed by atoms with Crippen molar-refractivity contribution >= 4 is 11.5 Å². The fourth-order valence-corrected chi connectivity index (χ4v) is 2.24. The van der Waals surface area contributed by atoms with Crippen LogP contribution < -0.4 is 10.6 Å². The van der Waals surface area contributed by atoms with Gasteiger partial charge < -0.3 is 0 Å². The lowest BCUT2D eigenvalue weighted by Gasteiger charge is -2.00. The topological polar surface area (TPSA) is 44.0 Å².